The number of aromatic amines is 1. The van der Waals surface area contributed by atoms with E-state index in [1.165, 1.54) is 0 Å². The number of pyridine rings is 2. The Morgan fingerprint density at radius 3 is 3.00 bits per heavy atom. The summed E-state index contributed by atoms with van der Waals surface area (Å²) in [5.41, 5.74) is 1.57. The Morgan fingerprint density at radius 1 is 1.38 bits per heavy atom. The fourth-order valence-electron chi connectivity index (χ4n) is 2.39. The zero-order chi connectivity index (χ0) is 16.7. The number of ether oxygens (including phenoxy) is 1. The average molecular weight is 341 g/mol. The van der Waals surface area contributed by atoms with Gasteiger partial charge in [-0.15, -0.1) is 0 Å². The third-order valence-corrected chi connectivity index (χ3v) is 4.28. The molecular weight excluding hydrogens is 326 g/mol. The lowest BCUT2D eigenvalue weighted by Gasteiger charge is -2.08. The number of H-pyrrole nitrogens is 1. The molecule has 0 aromatic carbocycles. The lowest BCUT2D eigenvalue weighted by molar-refractivity contribution is -0.117. The van der Waals surface area contributed by atoms with Crippen molar-refractivity contribution in [3.63, 3.8) is 0 Å². The smallest absolute Gasteiger partial charge is 0.228 e. The molecule has 1 aliphatic carbocycles. The fourth-order valence-corrected chi connectivity index (χ4v) is 2.58. The third-order valence-electron chi connectivity index (χ3n) is 3.90. The first-order valence-electron chi connectivity index (χ1n) is 7.60. The molecule has 3 aromatic heterocycles. The Labute approximate surface area is 142 Å². The monoisotopic (exact) mass is 341 g/mol. The van der Waals surface area contributed by atoms with Gasteiger partial charge in [0.15, 0.2) is 10.4 Å². The predicted octanol–water partition coefficient (Wildman–Crippen LogP) is 3.17. The molecule has 1 fully saturated rings. The van der Waals surface area contributed by atoms with Crippen molar-refractivity contribution >= 4 is 35.1 Å². The number of nitrogens with zero attached hydrogens (tertiary/aromatic N) is 3. The second kappa shape index (κ2) is 5.72. The highest BCUT2D eigenvalue weighted by molar-refractivity contribution is 7.71. The number of hydrogen-bond donors (Lipinski definition) is 2. The van der Waals surface area contributed by atoms with Crippen molar-refractivity contribution in [2.75, 3.05) is 5.32 Å². The topological polar surface area (TPSA) is 84.8 Å². The molecule has 1 amide bonds. The van der Waals surface area contributed by atoms with Gasteiger partial charge in [0.1, 0.15) is 17.3 Å². The first kappa shape index (κ1) is 14.8. The van der Waals surface area contributed by atoms with Crippen LogP contribution < -0.4 is 10.1 Å². The van der Waals surface area contributed by atoms with Crippen molar-refractivity contribution in [3.05, 3.63) is 35.4 Å². The summed E-state index contributed by atoms with van der Waals surface area (Å²) in [6, 6.07) is 5.28. The maximum atomic E-state index is 11.8. The van der Waals surface area contributed by atoms with E-state index in [2.05, 4.69) is 20.3 Å². The first-order chi connectivity index (χ1) is 11.6. The molecule has 1 saturated carbocycles. The van der Waals surface area contributed by atoms with E-state index in [0.29, 0.717) is 27.7 Å². The number of nitrogens with one attached hydrogen (secondary N) is 2. The molecule has 0 unspecified atom stereocenters. The van der Waals surface area contributed by atoms with Crippen LogP contribution in [0.1, 0.15) is 12.8 Å². The van der Waals surface area contributed by atoms with Gasteiger partial charge >= 0.3 is 0 Å². The van der Waals surface area contributed by atoms with Gasteiger partial charge in [-0.3, -0.25) is 4.79 Å². The molecule has 0 spiro atoms. The summed E-state index contributed by atoms with van der Waals surface area (Å²) in [4.78, 5) is 23.3. The highest BCUT2D eigenvalue weighted by Gasteiger charge is 2.29. The van der Waals surface area contributed by atoms with Crippen LogP contribution in [-0.2, 0) is 11.8 Å². The lowest BCUT2D eigenvalue weighted by Crippen LogP contribution is -2.14. The van der Waals surface area contributed by atoms with Gasteiger partial charge in [0.25, 0.3) is 0 Å². The van der Waals surface area contributed by atoms with E-state index in [1.807, 2.05) is 17.7 Å². The van der Waals surface area contributed by atoms with Crippen molar-refractivity contribution < 1.29 is 9.53 Å². The molecular formula is C16H15N5O2S. The SMILES string of the molecule is Cn1c(=S)[nH]c2ncc(Oc3ccnc(NC(=O)C4CC4)c3)cc21. The molecule has 0 aliphatic heterocycles. The highest BCUT2D eigenvalue weighted by atomic mass is 32.1. The summed E-state index contributed by atoms with van der Waals surface area (Å²) in [6.45, 7) is 0. The maximum Gasteiger partial charge on any atom is 0.228 e. The van der Waals surface area contributed by atoms with E-state index in [9.17, 15) is 4.79 Å². The standard InChI is InChI=1S/C16H15N5O2S/c1-21-12-6-11(8-18-14(12)20-16(21)24)23-10-4-5-17-13(7-10)19-15(22)9-2-3-9/h4-9H,2-3H2,1H3,(H,17,19,22)(H,18,20,24). The zero-order valence-corrected chi connectivity index (χ0v) is 13.8. The zero-order valence-electron chi connectivity index (χ0n) is 12.9. The summed E-state index contributed by atoms with van der Waals surface area (Å²) >= 11 is 5.19. The number of anilines is 1. The third kappa shape index (κ3) is 2.88. The molecule has 3 aromatic rings. The van der Waals surface area contributed by atoms with E-state index in [4.69, 9.17) is 17.0 Å². The molecule has 0 bridgehead atoms. The van der Waals surface area contributed by atoms with Gasteiger partial charge in [0, 0.05) is 31.3 Å². The minimum Gasteiger partial charge on any atom is -0.455 e. The maximum absolute atomic E-state index is 11.8. The number of aryl methyl sites for hydroxylation is 1. The van der Waals surface area contributed by atoms with Crippen molar-refractivity contribution in [2.45, 2.75) is 12.8 Å². The predicted molar refractivity (Wildman–Crippen MR) is 91.6 cm³/mol. The van der Waals surface area contributed by atoms with Crippen LogP contribution in [0.3, 0.4) is 0 Å². The van der Waals surface area contributed by atoms with Crippen LogP contribution in [0.25, 0.3) is 11.2 Å². The molecule has 1 aliphatic rings. The second-order valence-electron chi connectivity index (χ2n) is 5.77. The first-order valence-corrected chi connectivity index (χ1v) is 8.00. The van der Waals surface area contributed by atoms with E-state index in [0.717, 1.165) is 18.4 Å². The van der Waals surface area contributed by atoms with Crippen LogP contribution in [-0.4, -0.2) is 25.4 Å². The Balaban J connectivity index is 1.57. The van der Waals surface area contributed by atoms with Crippen LogP contribution in [0.4, 0.5) is 5.82 Å². The highest BCUT2D eigenvalue weighted by Crippen LogP contribution is 2.30. The number of rotatable bonds is 4. The number of aromatic nitrogens is 4. The van der Waals surface area contributed by atoms with Crippen molar-refractivity contribution in [1.29, 1.82) is 0 Å². The van der Waals surface area contributed by atoms with Crippen LogP contribution in [0.2, 0.25) is 0 Å². The molecule has 8 heteroatoms. The van der Waals surface area contributed by atoms with Gasteiger partial charge in [-0.05, 0) is 31.1 Å². The Bertz CT molecular complexity index is 990. The minimum absolute atomic E-state index is 0.0139. The quantitative estimate of drug-likeness (QED) is 0.712. The summed E-state index contributed by atoms with van der Waals surface area (Å²) < 4.78 is 8.27. The normalized spacial score (nSPS) is 13.9. The molecule has 7 nitrogen and oxygen atoms in total. The summed E-state index contributed by atoms with van der Waals surface area (Å²) in [6.07, 6.45) is 5.12. The molecule has 24 heavy (non-hydrogen) atoms. The molecule has 3 heterocycles. The molecule has 122 valence electrons. The lowest BCUT2D eigenvalue weighted by atomic mass is 10.3. The van der Waals surface area contributed by atoms with Crippen LogP contribution in [0, 0.1) is 10.7 Å². The number of hydrogen-bond acceptors (Lipinski definition) is 5. The van der Waals surface area contributed by atoms with Gasteiger partial charge in [-0.25, -0.2) is 9.97 Å². The van der Waals surface area contributed by atoms with E-state index >= 15 is 0 Å². The number of fused-ring (bicyclic) bond motifs is 1. The van der Waals surface area contributed by atoms with Gasteiger partial charge in [0.05, 0.1) is 11.7 Å². The van der Waals surface area contributed by atoms with E-state index in [1.54, 1.807) is 24.5 Å². The second-order valence-corrected chi connectivity index (χ2v) is 6.16. The largest absolute Gasteiger partial charge is 0.455 e. The van der Waals surface area contributed by atoms with Crippen molar-refractivity contribution in [3.8, 4) is 11.5 Å². The minimum atomic E-state index is 0.0139. The number of amides is 1. The molecule has 0 atom stereocenters. The number of carbonyl (C=O) groups excluding carboxylic acids is 1. The van der Waals surface area contributed by atoms with Gasteiger partial charge in [0.2, 0.25) is 5.91 Å². The van der Waals surface area contributed by atoms with Crippen LogP contribution in [0.5, 0.6) is 11.5 Å². The molecule has 0 radical (unpaired) electrons. The number of imidazole rings is 1. The van der Waals surface area contributed by atoms with Gasteiger partial charge < -0.3 is 19.6 Å². The summed E-state index contributed by atoms with van der Waals surface area (Å²) in [5, 5.41) is 2.80. The number of carbonyl (C=O) groups is 1. The molecule has 2 N–H and O–H groups in total. The molecule has 0 saturated heterocycles. The van der Waals surface area contributed by atoms with Crippen molar-refractivity contribution in [2.24, 2.45) is 13.0 Å². The van der Waals surface area contributed by atoms with E-state index in [-0.39, 0.29) is 11.8 Å². The van der Waals surface area contributed by atoms with Crippen molar-refractivity contribution in [1.82, 2.24) is 19.5 Å². The average Bonchev–Trinajstić information content (AvgIpc) is 3.37. The van der Waals surface area contributed by atoms with Gasteiger partial charge in [-0.1, -0.05) is 0 Å². The Morgan fingerprint density at radius 2 is 2.21 bits per heavy atom. The summed E-state index contributed by atoms with van der Waals surface area (Å²) in [7, 11) is 1.87. The fraction of sp³-hybridized carbons (Fsp3) is 0.250. The Kier molecular flexibility index (Phi) is 3.53. The van der Waals surface area contributed by atoms with Gasteiger partial charge in [-0.2, -0.15) is 0 Å². The molecule has 4 rings (SSSR count). The van der Waals surface area contributed by atoms with E-state index < -0.39 is 0 Å². The van der Waals surface area contributed by atoms with Crippen LogP contribution >= 0.6 is 12.2 Å². The summed E-state index contributed by atoms with van der Waals surface area (Å²) in [5.74, 6) is 1.79. The Hall–Kier alpha value is -2.74. The van der Waals surface area contributed by atoms with Crippen LogP contribution in [0.15, 0.2) is 30.6 Å².